The highest BCUT2D eigenvalue weighted by Crippen LogP contribution is 2.29. The Morgan fingerprint density at radius 2 is 1.86 bits per heavy atom. The molecule has 1 aromatic carbocycles. The van der Waals surface area contributed by atoms with Crippen molar-refractivity contribution < 1.29 is 8.42 Å². The van der Waals surface area contributed by atoms with Crippen LogP contribution in [-0.2, 0) is 10.0 Å². The molecule has 2 fully saturated rings. The van der Waals surface area contributed by atoms with Crippen molar-refractivity contribution >= 4 is 27.5 Å². The van der Waals surface area contributed by atoms with Crippen LogP contribution in [0.25, 0.3) is 0 Å². The van der Waals surface area contributed by atoms with Crippen LogP contribution in [0.4, 0.5) is 0 Å². The van der Waals surface area contributed by atoms with Crippen LogP contribution in [0.3, 0.4) is 0 Å². The van der Waals surface area contributed by atoms with Gasteiger partial charge in [0.1, 0.15) is 5.84 Å². The summed E-state index contributed by atoms with van der Waals surface area (Å²) in [7, 11) is -3.65. The van der Waals surface area contributed by atoms with Crippen molar-refractivity contribution in [2.75, 3.05) is 13.1 Å². The first-order chi connectivity index (χ1) is 10.5. The van der Waals surface area contributed by atoms with Gasteiger partial charge in [0.2, 0.25) is 0 Å². The Balaban J connectivity index is 1.81. The summed E-state index contributed by atoms with van der Waals surface area (Å²) in [5, 5.41) is 0.524. The zero-order chi connectivity index (χ0) is 15.6. The molecule has 1 heterocycles. The van der Waals surface area contributed by atoms with E-state index in [1.807, 2.05) is 0 Å². The van der Waals surface area contributed by atoms with Crippen molar-refractivity contribution in [3.8, 4) is 0 Å². The number of sulfonamides is 1. The van der Waals surface area contributed by atoms with Gasteiger partial charge in [0.05, 0.1) is 4.90 Å². The normalized spacial score (nSPS) is 21.9. The van der Waals surface area contributed by atoms with Crippen molar-refractivity contribution in [3.05, 3.63) is 29.3 Å². The fourth-order valence-corrected chi connectivity index (χ4v) is 4.15. The van der Waals surface area contributed by atoms with Crippen LogP contribution in [0.5, 0.6) is 0 Å². The molecule has 2 aliphatic rings. The van der Waals surface area contributed by atoms with Crippen molar-refractivity contribution in [2.24, 2.45) is 10.3 Å². The highest BCUT2D eigenvalue weighted by atomic mass is 35.5. The fraction of sp³-hybridized carbons (Fsp3) is 0.562. The first-order valence-electron chi connectivity index (χ1n) is 7.89. The molecule has 0 atom stereocenters. The van der Waals surface area contributed by atoms with Gasteiger partial charge in [-0.15, -0.1) is 4.40 Å². The molecular weight excluding hydrogens is 320 g/mol. The maximum absolute atomic E-state index is 12.5. The number of hydrogen-bond donors (Lipinski definition) is 0. The predicted octanol–water partition coefficient (Wildman–Crippen LogP) is 3.71. The van der Waals surface area contributed by atoms with E-state index in [0.29, 0.717) is 10.9 Å². The van der Waals surface area contributed by atoms with Crippen LogP contribution in [-0.4, -0.2) is 32.2 Å². The quantitative estimate of drug-likeness (QED) is 0.839. The minimum absolute atomic E-state index is 0.207. The zero-order valence-corrected chi connectivity index (χ0v) is 14.1. The third kappa shape index (κ3) is 3.63. The van der Waals surface area contributed by atoms with E-state index in [9.17, 15) is 8.42 Å². The summed E-state index contributed by atoms with van der Waals surface area (Å²) in [6.07, 6.45) is 6.69. The largest absolute Gasteiger partial charge is 0.359 e. The minimum Gasteiger partial charge on any atom is -0.359 e. The molecule has 0 unspecified atom stereocenters. The van der Waals surface area contributed by atoms with Gasteiger partial charge in [0, 0.05) is 24.5 Å². The molecule has 0 aromatic heterocycles. The number of halogens is 1. The summed E-state index contributed by atoms with van der Waals surface area (Å²) >= 11 is 5.82. The van der Waals surface area contributed by atoms with E-state index in [2.05, 4.69) is 9.30 Å². The molecule has 0 amide bonds. The SMILES string of the molecule is O=S(=O)(/N=C1\CCCCN1CC1CCC1)c1ccc(Cl)cc1. The summed E-state index contributed by atoms with van der Waals surface area (Å²) in [5.41, 5.74) is 0. The van der Waals surface area contributed by atoms with Gasteiger partial charge in [-0.1, -0.05) is 18.0 Å². The molecule has 22 heavy (non-hydrogen) atoms. The van der Waals surface area contributed by atoms with Gasteiger partial charge in [-0.2, -0.15) is 8.42 Å². The Morgan fingerprint density at radius 3 is 2.50 bits per heavy atom. The Hall–Kier alpha value is -1.07. The van der Waals surface area contributed by atoms with Crippen LogP contribution in [0.15, 0.2) is 33.6 Å². The van der Waals surface area contributed by atoms with E-state index in [1.54, 1.807) is 12.1 Å². The lowest BCUT2D eigenvalue weighted by Crippen LogP contribution is -2.40. The average Bonchev–Trinajstić information content (AvgIpc) is 2.44. The maximum atomic E-state index is 12.5. The van der Waals surface area contributed by atoms with Crippen molar-refractivity contribution in [1.82, 2.24) is 4.90 Å². The second-order valence-electron chi connectivity index (χ2n) is 6.14. The van der Waals surface area contributed by atoms with Crippen LogP contribution in [0.1, 0.15) is 38.5 Å². The van der Waals surface area contributed by atoms with E-state index in [0.717, 1.165) is 38.2 Å². The lowest BCUT2D eigenvalue weighted by molar-refractivity contribution is 0.228. The summed E-state index contributed by atoms with van der Waals surface area (Å²) in [4.78, 5) is 2.39. The number of piperidine rings is 1. The number of likely N-dealkylation sites (tertiary alicyclic amines) is 1. The van der Waals surface area contributed by atoms with Crippen LogP contribution in [0, 0.1) is 5.92 Å². The Bertz CT molecular complexity index is 651. The summed E-state index contributed by atoms with van der Waals surface area (Å²) in [6.45, 7) is 1.88. The lowest BCUT2D eigenvalue weighted by atomic mass is 9.85. The molecule has 1 saturated heterocycles. The van der Waals surface area contributed by atoms with E-state index < -0.39 is 10.0 Å². The Labute approximate surface area is 137 Å². The first-order valence-corrected chi connectivity index (χ1v) is 9.71. The summed E-state index contributed by atoms with van der Waals surface area (Å²) < 4.78 is 29.1. The second-order valence-corrected chi connectivity index (χ2v) is 8.18. The Morgan fingerprint density at radius 1 is 1.14 bits per heavy atom. The standard InChI is InChI=1S/C16H21ClN2O2S/c17-14-7-9-15(10-8-14)22(20,21)18-16-6-1-2-11-19(16)12-13-4-3-5-13/h7-10,13H,1-6,11-12H2/b18-16+. The first kappa shape index (κ1) is 15.8. The molecule has 0 N–H and O–H groups in total. The molecule has 6 heteroatoms. The monoisotopic (exact) mass is 340 g/mol. The van der Waals surface area contributed by atoms with Crippen molar-refractivity contribution in [1.29, 1.82) is 0 Å². The molecule has 0 bridgehead atoms. The van der Waals surface area contributed by atoms with E-state index >= 15 is 0 Å². The van der Waals surface area contributed by atoms with Crippen LogP contribution in [0.2, 0.25) is 5.02 Å². The van der Waals surface area contributed by atoms with Gasteiger partial charge in [0.25, 0.3) is 10.0 Å². The van der Waals surface area contributed by atoms with Gasteiger partial charge in [-0.05, 0) is 55.9 Å². The van der Waals surface area contributed by atoms with E-state index in [-0.39, 0.29) is 4.90 Å². The summed E-state index contributed by atoms with van der Waals surface area (Å²) in [6, 6.07) is 6.20. The Kier molecular flexibility index (Phi) is 4.73. The molecule has 1 aliphatic carbocycles. The molecule has 1 aliphatic heterocycles. The van der Waals surface area contributed by atoms with Gasteiger partial charge in [-0.25, -0.2) is 0 Å². The van der Waals surface area contributed by atoms with Crippen LogP contribution < -0.4 is 0 Å². The third-order valence-corrected chi connectivity index (χ3v) is 6.05. The molecule has 3 rings (SSSR count). The van der Waals surface area contributed by atoms with E-state index in [4.69, 9.17) is 11.6 Å². The van der Waals surface area contributed by atoms with Gasteiger partial charge < -0.3 is 4.90 Å². The zero-order valence-electron chi connectivity index (χ0n) is 12.5. The van der Waals surface area contributed by atoms with Crippen molar-refractivity contribution in [3.63, 3.8) is 0 Å². The number of benzene rings is 1. The number of amidine groups is 1. The van der Waals surface area contributed by atoms with Gasteiger partial charge in [-0.3, -0.25) is 0 Å². The summed E-state index contributed by atoms with van der Waals surface area (Å²) in [5.74, 6) is 1.44. The fourth-order valence-electron chi connectivity index (χ4n) is 2.96. The number of hydrogen-bond acceptors (Lipinski definition) is 2. The highest BCUT2D eigenvalue weighted by Gasteiger charge is 2.26. The van der Waals surface area contributed by atoms with Crippen LogP contribution >= 0.6 is 11.6 Å². The second kappa shape index (κ2) is 6.59. The smallest absolute Gasteiger partial charge is 0.283 e. The molecule has 1 aromatic rings. The van der Waals surface area contributed by atoms with Gasteiger partial charge in [0.15, 0.2) is 0 Å². The molecule has 120 valence electrons. The number of nitrogens with zero attached hydrogens (tertiary/aromatic N) is 2. The molecule has 0 spiro atoms. The number of rotatable bonds is 4. The topological polar surface area (TPSA) is 49.7 Å². The van der Waals surface area contributed by atoms with Gasteiger partial charge >= 0.3 is 0 Å². The third-order valence-electron chi connectivity index (χ3n) is 4.48. The molecule has 4 nitrogen and oxygen atoms in total. The lowest BCUT2D eigenvalue weighted by Gasteiger charge is -2.36. The minimum atomic E-state index is -3.65. The average molecular weight is 341 g/mol. The maximum Gasteiger partial charge on any atom is 0.283 e. The highest BCUT2D eigenvalue weighted by molar-refractivity contribution is 7.90. The van der Waals surface area contributed by atoms with Crippen molar-refractivity contribution in [2.45, 2.75) is 43.4 Å². The predicted molar refractivity (Wildman–Crippen MR) is 88.8 cm³/mol. The molecule has 1 saturated carbocycles. The molecule has 0 radical (unpaired) electrons. The van der Waals surface area contributed by atoms with E-state index in [1.165, 1.54) is 31.4 Å². The molecular formula is C16H21ClN2O2S.